The van der Waals surface area contributed by atoms with E-state index in [2.05, 4.69) is 21.6 Å². The molecule has 142 valence electrons. The molecule has 1 N–H and O–H groups in total. The van der Waals surface area contributed by atoms with E-state index in [-0.39, 0.29) is 17.7 Å². The van der Waals surface area contributed by atoms with Gasteiger partial charge in [0, 0.05) is 25.1 Å². The molecule has 3 heterocycles. The van der Waals surface area contributed by atoms with Crippen molar-refractivity contribution in [2.24, 2.45) is 0 Å². The summed E-state index contributed by atoms with van der Waals surface area (Å²) in [5, 5.41) is 13.3. The van der Waals surface area contributed by atoms with Crippen molar-refractivity contribution in [1.82, 2.24) is 15.1 Å². The van der Waals surface area contributed by atoms with Gasteiger partial charge in [0.2, 0.25) is 11.0 Å². The number of aromatic nitrogens is 2. The first-order valence-corrected chi connectivity index (χ1v) is 10.1. The van der Waals surface area contributed by atoms with Crippen molar-refractivity contribution in [2.75, 3.05) is 12.4 Å². The summed E-state index contributed by atoms with van der Waals surface area (Å²) < 4.78 is 6.20. The molecule has 1 saturated heterocycles. The Hall–Kier alpha value is -2.93. The summed E-state index contributed by atoms with van der Waals surface area (Å²) in [6, 6.07) is 17.8. The van der Waals surface area contributed by atoms with Crippen LogP contribution >= 0.6 is 11.3 Å². The minimum absolute atomic E-state index is 0.0238. The van der Waals surface area contributed by atoms with Gasteiger partial charge >= 0.3 is 0 Å². The van der Waals surface area contributed by atoms with E-state index in [0.29, 0.717) is 5.13 Å². The molecule has 0 saturated carbocycles. The molecular weight excluding hydrogens is 372 g/mol. The first-order valence-electron chi connectivity index (χ1n) is 9.26. The fourth-order valence-electron chi connectivity index (χ4n) is 4.13. The van der Waals surface area contributed by atoms with Gasteiger partial charge in [-0.1, -0.05) is 47.7 Å². The second kappa shape index (κ2) is 6.31. The largest absolute Gasteiger partial charge is 0.468 e. The molecule has 1 fully saturated rings. The lowest BCUT2D eigenvalue weighted by atomic mass is 9.74. The van der Waals surface area contributed by atoms with Crippen LogP contribution in [0.2, 0.25) is 0 Å². The summed E-state index contributed by atoms with van der Waals surface area (Å²) in [5.41, 5.74) is 1.38. The molecule has 0 aliphatic carbocycles. The molecule has 1 amide bonds. The lowest BCUT2D eigenvalue weighted by Crippen LogP contribution is -2.60. The maximum Gasteiger partial charge on any atom is 0.236 e. The Labute approximate surface area is 167 Å². The number of likely N-dealkylation sites (tertiary alicyclic amines) is 1. The van der Waals surface area contributed by atoms with Gasteiger partial charge in [-0.25, -0.2) is 0 Å². The standard InChI is InChI=1S/C21H20N4O2S/c1-21-12-15(14-10-6-7-11-16(14)27-21)17(19(26)25(21)2)18-23-24-20(28-18)22-13-8-4-3-5-9-13/h3-11,15,17H,12H2,1-2H3,(H,22,24)/t15-,17-,21-/m1/s1. The number of carbonyl (C=O) groups is 1. The average Bonchev–Trinajstić information content (AvgIpc) is 3.15. The van der Waals surface area contributed by atoms with Crippen molar-refractivity contribution in [1.29, 1.82) is 0 Å². The molecule has 0 radical (unpaired) electrons. The zero-order chi connectivity index (χ0) is 19.3. The van der Waals surface area contributed by atoms with Gasteiger partial charge in [-0.15, -0.1) is 10.2 Å². The summed E-state index contributed by atoms with van der Waals surface area (Å²) in [5.74, 6) is 0.538. The number of carbonyl (C=O) groups excluding carboxylic acids is 1. The minimum atomic E-state index is -0.636. The third kappa shape index (κ3) is 2.65. The van der Waals surface area contributed by atoms with Gasteiger partial charge < -0.3 is 15.0 Å². The zero-order valence-electron chi connectivity index (χ0n) is 15.6. The van der Waals surface area contributed by atoms with Crippen LogP contribution in [0.5, 0.6) is 5.75 Å². The Balaban J connectivity index is 1.52. The molecule has 5 rings (SSSR count). The van der Waals surface area contributed by atoms with Crippen LogP contribution in [0.4, 0.5) is 10.8 Å². The Kier molecular flexibility index (Phi) is 3.87. The maximum atomic E-state index is 13.3. The number of likely N-dealkylation sites (N-methyl/N-ethyl adjacent to an activating group) is 1. The molecule has 3 atom stereocenters. The normalized spacial score (nSPS) is 25.8. The van der Waals surface area contributed by atoms with E-state index in [1.165, 1.54) is 11.3 Å². The van der Waals surface area contributed by atoms with Crippen LogP contribution in [0, 0.1) is 0 Å². The van der Waals surface area contributed by atoms with E-state index in [1.54, 1.807) is 4.90 Å². The molecule has 1 aromatic heterocycles. The molecule has 2 aliphatic heterocycles. The van der Waals surface area contributed by atoms with E-state index >= 15 is 0 Å². The van der Waals surface area contributed by atoms with E-state index < -0.39 is 5.72 Å². The topological polar surface area (TPSA) is 67.4 Å². The minimum Gasteiger partial charge on any atom is -0.468 e. The van der Waals surface area contributed by atoms with Crippen molar-refractivity contribution in [3.05, 3.63) is 65.2 Å². The van der Waals surface area contributed by atoms with Crippen LogP contribution in [0.3, 0.4) is 0 Å². The summed E-state index contributed by atoms with van der Waals surface area (Å²) >= 11 is 1.44. The van der Waals surface area contributed by atoms with Gasteiger partial charge in [0.25, 0.3) is 0 Å². The van der Waals surface area contributed by atoms with Gasteiger partial charge in [0.15, 0.2) is 5.72 Å². The van der Waals surface area contributed by atoms with Crippen LogP contribution in [-0.4, -0.2) is 33.8 Å². The number of fused-ring (bicyclic) bond motifs is 4. The second-order valence-electron chi connectivity index (χ2n) is 7.44. The quantitative estimate of drug-likeness (QED) is 0.726. The predicted octanol–water partition coefficient (Wildman–Crippen LogP) is 4.12. The van der Waals surface area contributed by atoms with Gasteiger partial charge in [0.05, 0.1) is 5.92 Å². The predicted molar refractivity (Wildman–Crippen MR) is 108 cm³/mol. The highest BCUT2D eigenvalue weighted by Gasteiger charge is 2.53. The summed E-state index contributed by atoms with van der Waals surface area (Å²) in [6.45, 7) is 1.98. The second-order valence-corrected chi connectivity index (χ2v) is 8.45. The molecule has 2 aromatic carbocycles. The molecule has 6 nitrogen and oxygen atoms in total. The summed E-state index contributed by atoms with van der Waals surface area (Å²) in [7, 11) is 1.81. The van der Waals surface area contributed by atoms with Crippen molar-refractivity contribution >= 4 is 28.1 Å². The van der Waals surface area contributed by atoms with Gasteiger partial charge in [0.1, 0.15) is 10.8 Å². The number of nitrogens with zero attached hydrogens (tertiary/aromatic N) is 3. The van der Waals surface area contributed by atoms with E-state index in [4.69, 9.17) is 4.74 Å². The third-order valence-corrected chi connectivity index (χ3v) is 6.61. The number of hydrogen-bond donors (Lipinski definition) is 1. The van der Waals surface area contributed by atoms with Crippen molar-refractivity contribution in [2.45, 2.75) is 30.9 Å². The lowest BCUT2D eigenvalue weighted by Gasteiger charge is -2.51. The molecule has 2 bridgehead atoms. The Morgan fingerprint density at radius 3 is 2.71 bits per heavy atom. The highest BCUT2D eigenvalue weighted by Crippen LogP contribution is 2.53. The zero-order valence-corrected chi connectivity index (χ0v) is 16.4. The number of hydrogen-bond acceptors (Lipinski definition) is 6. The van der Waals surface area contributed by atoms with Gasteiger partial charge in [-0.3, -0.25) is 4.79 Å². The average molecular weight is 392 g/mol. The van der Waals surface area contributed by atoms with Crippen LogP contribution in [-0.2, 0) is 4.79 Å². The maximum absolute atomic E-state index is 13.3. The Morgan fingerprint density at radius 2 is 1.89 bits per heavy atom. The number of anilines is 2. The monoisotopic (exact) mass is 392 g/mol. The lowest BCUT2D eigenvalue weighted by molar-refractivity contribution is -0.163. The number of ether oxygens (including phenoxy) is 1. The van der Waals surface area contributed by atoms with Crippen LogP contribution in [0.1, 0.15) is 35.8 Å². The molecular formula is C21H20N4O2S. The molecule has 28 heavy (non-hydrogen) atoms. The first kappa shape index (κ1) is 17.2. The number of piperidine rings is 1. The molecule has 0 spiro atoms. The third-order valence-electron chi connectivity index (χ3n) is 5.69. The van der Waals surface area contributed by atoms with E-state index in [0.717, 1.165) is 28.4 Å². The van der Waals surface area contributed by atoms with E-state index in [1.807, 2.05) is 62.5 Å². The fraction of sp³-hybridized carbons (Fsp3) is 0.286. The fourth-order valence-corrected chi connectivity index (χ4v) is 5.05. The van der Waals surface area contributed by atoms with Crippen molar-refractivity contribution in [3.8, 4) is 5.75 Å². The highest BCUT2D eigenvalue weighted by atomic mass is 32.1. The van der Waals surface area contributed by atoms with Crippen LogP contribution in [0.15, 0.2) is 54.6 Å². The van der Waals surface area contributed by atoms with Crippen LogP contribution < -0.4 is 10.1 Å². The van der Waals surface area contributed by atoms with Crippen molar-refractivity contribution in [3.63, 3.8) is 0 Å². The molecule has 2 aliphatic rings. The summed E-state index contributed by atoms with van der Waals surface area (Å²) in [4.78, 5) is 15.0. The number of nitrogens with one attached hydrogen (secondary N) is 1. The number of rotatable bonds is 3. The summed E-state index contributed by atoms with van der Waals surface area (Å²) in [6.07, 6.45) is 0.734. The van der Waals surface area contributed by atoms with Crippen molar-refractivity contribution < 1.29 is 9.53 Å². The van der Waals surface area contributed by atoms with Crippen LogP contribution in [0.25, 0.3) is 0 Å². The smallest absolute Gasteiger partial charge is 0.236 e. The Bertz CT molecular complexity index is 1040. The highest BCUT2D eigenvalue weighted by molar-refractivity contribution is 7.15. The molecule has 7 heteroatoms. The molecule has 3 aromatic rings. The number of amides is 1. The molecule has 0 unspecified atom stereocenters. The van der Waals surface area contributed by atoms with Gasteiger partial charge in [-0.2, -0.15) is 0 Å². The van der Waals surface area contributed by atoms with E-state index in [9.17, 15) is 4.79 Å². The first-order chi connectivity index (χ1) is 13.5. The number of para-hydroxylation sites is 2. The Morgan fingerprint density at radius 1 is 1.14 bits per heavy atom. The van der Waals surface area contributed by atoms with Gasteiger partial charge in [-0.05, 0) is 30.7 Å². The number of benzene rings is 2. The SMILES string of the molecule is CN1C(=O)[C@@H](c2nnc(Nc3ccccc3)s2)[C@@H]2C[C@@]1(C)Oc1ccccc12.